The van der Waals surface area contributed by atoms with Crippen LogP contribution in [0.3, 0.4) is 0 Å². The molecule has 2 atom stereocenters. The van der Waals surface area contributed by atoms with E-state index in [2.05, 4.69) is 18.6 Å². The highest BCUT2D eigenvalue weighted by atomic mass is 32.2. The summed E-state index contributed by atoms with van der Waals surface area (Å²) in [5.41, 5.74) is 2.38. The summed E-state index contributed by atoms with van der Waals surface area (Å²) in [6.45, 7) is 4.19. The van der Waals surface area contributed by atoms with Crippen LogP contribution in [0.2, 0.25) is 0 Å². The van der Waals surface area contributed by atoms with E-state index in [1.54, 1.807) is 30.3 Å². The van der Waals surface area contributed by atoms with Crippen LogP contribution in [0.4, 0.5) is 4.39 Å². The van der Waals surface area contributed by atoms with E-state index in [-0.39, 0.29) is 13.2 Å². The molecule has 0 aliphatic carbocycles. The van der Waals surface area contributed by atoms with Crippen LogP contribution < -0.4 is 4.72 Å². The third-order valence-electron chi connectivity index (χ3n) is 4.95. The van der Waals surface area contributed by atoms with Crippen LogP contribution in [-0.4, -0.2) is 32.4 Å². The first-order chi connectivity index (χ1) is 12.8. The van der Waals surface area contributed by atoms with Gasteiger partial charge in [-0.15, -0.1) is 0 Å². The third kappa shape index (κ3) is 4.38. The van der Waals surface area contributed by atoms with E-state index in [4.69, 9.17) is 4.84 Å². The van der Waals surface area contributed by atoms with Gasteiger partial charge in [-0.1, -0.05) is 56.3 Å². The van der Waals surface area contributed by atoms with Gasteiger partial charge in [-0.3, -0.25) is 4.84 Å². The Kier molecular flexibility index (Phi) is 5.95. The monoisotopic (exact) mass is 392 g/mol. The molecule has 5 nitrogen and oxygen atoms in total. The maximum absolute atomic E-state index is 13.8. The first-order valence-electron chi connectivity index (χ1n) is 8.97. The van der Waals surface area contributed by atoms with Gasteiger partial charge in [0.1, 0.15) is 11.1 Å². The van der Waals surface area contributed by atoms with E-state index in [9.17, 15) is 12.8 Å². The van der Waals surface area contributed by atoms with Crippen LogP contribution in [-0.2, 0) is 21.4 Å². The molecular weight excluding hydrogens is 367 g/mol. The van der Waals surface area contributed by atoms with Gasteiger partial charge in [0.2, 0.25) is 10.0 Å². The van der Waals surface area contributed by atoms with Crippen LogP contribution in [0.5, 0.6) is 0 Å². The molecule has 1 saturated heterocycles. The van der Waals surface area contributed by atoms with Crippen molar-refractivity contribution in [3.05, 3.63) is 71.0 Å². The Balaban J connectivity index is 1.80. The first kappa shape index (κ1) is 19.9. The molecule has 7 heteroatoms. The second-order valence-corrected chi connectivity index (χ2v) is 9.09. The highest BCUT2D eigenvalue weighted by Crippen LogP contribution is 2.34. The molecule has 0 bridgehead atoms. The van der Waals surface area contributed by atoms with Crippen LogP contribution in [0.15, 0.2) is 48.5 Å². The zero-order valence-electron chi connectivity index (χ0n) is 15.7. The Morgan fingerprint density at radius 1 is 1.19 bits per heavy atom. The van der Waals surface area contributed by atoms with Crippen molar-refractivity contribution in [3.63, 3.8) is 0 Å². The number of hydrogen-bond donors (Lipinski definition) is 1. The summed E-state index contributed by atoms with van der Waals surface area (Å²) < 4.78 is 42.1. The molecule has 2 aromatic carbocycles. The summed E-state index contributed by atoms with van der Waals surface area (Å²) in [7, 11) is -1.99. The summed E-state index contributed by atoms with van der Waals surface area (Å²) in [5.74, 6) is -0.0283. The van der Waals surface area contributed by atoms with Crippen LogP contribution >= 0.6 is 0 Å². The number of hydrogen-bond acceptors (Lipinski definition) is 4. The van der Waals surface area contributed by atoms with E-state index < -0.39 is 27.1 Å². The number of halogens is 1. The molecule has 0 unspecified atom stereocenters. The Hall–Kier alpha value is -1.80. The maximum Gasteiger partial charge on any atom is 0.219 e. The van der Waals surface area contributed by atoms with Crippen molar-refractivity contribution in [3.8, 4) is 0 Å². The van der Waals surface area contributed by atoms with Crippen LogP contribution in [0.25, 0.3) is 0 Å². The molecule has 1 aliphatic heterocycles. The molecule has 0 saturated carbocycles. The molecule has 1 fully saturated rings. The molecule has 0 amide bonds. The SMILES string of the molecule is CC(C)c1ccc([C@@H]2[C@@H](S(=O)(=O)NCc3ccccc3F)CON2C)cc1. The summed E-state index contributed by atoms with van der Waals surface area (Å²) in [4.78, 5) is 5.51. The van der Waals surface area contributed by atoms with Gasteiger partial charge in [0.15, 0.2) is 0 Å². The van der Waals surface area contributed by atoms with E-state index in [1.165, 1.54) is 11.6 Å². The van der Waals surface area contributed by atoms with Gasteiger partial charge in [-0.05, 0) is 23.1 Å². The van der Waals surface area contributed by atoms with E-state index >= 15 is 0 Å². The predicted octanol–water partition coefficient (Wildman–Crippen LogP) is 3.36. The number of benzene rings is 2. The molecule has 1 N–H and O–H groups in total. The summed E-state index contributed by atoms with van der Waals surface area (Å²) >= 11 is 0. The Morgan fingerprint density at radius 3 is 2.48 bits per heavy atom. The highest BCUT2D eigenvalue weighted by Gasteiger charge is 2.43. The predicted molar refractivity (Wildman–Crippen MR) is 103 cm³/mol. The minimum atomic E-state index is -3.71. The van der Waals surface area contributed by atoms with Crippen molar-refractivity contribution >= 4 is 10.0 Å². The Morgan fingerprint density at radius 2 is 1.85 bits per heavy atom. The van der Waals surface area contributed by atoms with Crippen molar-refractivity contribution in [1.29, 1.82) is 0 Å². The fourth-order valence-electron chi connectivity index (χ4n) is 3.29. The number of sulfonamides is 1. The second kappa shape index (κ2) is 8.06. The molecular formula is C20H25FN2O3S. The Bertz CT molecular complexity index is 884. The van der Waals surface area contributed by atoms with E-state index in [0.717, 1.165) is 5.56 Å². The molecule has 1 aliphatic rings. The Labute approximate surface area is 160 Å². The van der Waals surface area contributed by atoms with Crippen molar-refractivity contribution in [1.82, 2.24) is 9.79 Å². The van der Waals surface area contributed by atoms with Gasteiger partial charge < -0.3 is 0 Å². The molecule has 3 rings (SSSR count). The van der Waals surface area contributed by atoms with Crippen molar-refractivity contribution in [2.24, 2.45) is 0 Å². The lowest BCUT2D eigenvalue weighted by Crippen LogP contribution is -2.39. The van der Waals surface area contributed by atoms with E-state index in [1.807, 2.05) is 24.3 Å². The van der Waals surface area contributed by atoms with Crippen molar-refractivity contribution in [2.75, 3.05) is 13.7 Å². The molecule has 0 aromatic heterocycles. The van der Waals surface area contributed by atoms with Gasteiger partial charge in [0, 0.05) is 19.2 Å². The first-order valence-corrected chi connectivity index (χ1v) is 10.5. The zero-order chi connectivity index (χ0) is 19.6. The fraction of sp³-hybridized carbons (Fsp3) is 0.400. The van der Waals surface area contributed by atoms with Crippen molar-refractivity contribution in [2.45, 2.75) is 37.6 Å². The summed E-state index contributed by atoms with van der Waals surface area (Å²) in [6, 6.07) is 13.6. The van der Waals surface area contributed by atoms with Gasteiger partial charge in [-0.2, -0.15) is 5.06 Å². The highest BCUT2D eigenvalue weighted by molar-refractivity contribution is 7.90. The van der Waals surface area contributed by atoms with Crippen molar-refractivity contribution < 1.29 is 17.6 Å². The van der Waals surface area contributed by atoms with Gasteiger partial charge in [-0.25, -0.2) is 17.5 Å². The number of rotatable bonds is 6. The number of nitrogens with zero attached hydrogens (tertiary/aromatic N) is 1. The molecule has 2 aromatic rings. The zero-order valence-corrected chi connectivity index (χ0v) is 16.5. The topological polar surface area (TPSA) is 58.6 Å². The quantitative estimate of drug-likeness (QED) is 0.819. The minimum absolute atomic E-state index is 0.0553. The number of nitrogens with one attached hydrogen (secondary N) is 1. The molecule has 1 heterocycles. The average Bonchev–Trinajstić information content (AvgIpc) is 3.03. The largest absolute Gasteiger partial charge is 0.297 e. The molecule has 0 radical (unpaired) electrons. The minimum Gasteiger partial charge on any atom is -0.297 e. The van der Waals surface area contributed by atoms with Crippen LogP contribution in [0, 0.1) is 5.82 Å². The molecule has 146 valence electrons. The normalized spacial score (nSPS) is 21.1. The van der Waals surface area contributed by atoms with Gasteiger partial charge >= 0.3 is 0 Å². The third-order valence-corrected chi connectivity index (χ3v) is 6.69. The smallest absolute Gasteiger partial charge is 0.219 e. The lowest BCUT2D eigenvalue weighted by Gasteiger charge is -2.23. The number of hydroxylamine groups is 2. The molecule has 0 spiro atoms. The van der Waals surface area contributed by atoms with E-state index in [0.29, 0.717) is 11.5 Å². The maximum atomic E-state index is 13.8. The lowest BCUT2D eigenvalue weighted by atomic mass is 9.98. The fourth-order valence-corrected chi connectivity index (χ4v) is 4.76. The second-order valence-electron chi connectivity index (χ2n) is 7.10. The summed E-state index contributed by atoms with van der Waals surface area (Å²) in [5, 5.41) is 0.802. The lowest BCUT2D eigenvalue weighted by molar-refractivity contribution is -0.110. The average molecular weight is 392 g/mol. The molecule has 27 heavy (non-hydrogen) atoms. The standard InChI is InChI=1S/C20H25FN2O3S/c1-14(2)15-8-10-16(11-9-15)20-19(13-26-23(20)3)27(24,25)22-12-17-6-4-5-7-18(17)21/h4-11,14,19-20,22H,12-13H2,1-3H3/t19-,20+/m0/s1. The van der Waals surface area contributed by atoms with Gasteiger partial charge in [0.05, 0.1) is 12.6 Å². The van der Waals surface area contributed by atoms with Gasteiger partial charge in [0.25, 0.3) is 0 Å². The summed E-state index contributed by atoms with van der Waals surface area (Å²) in [6.07, 6.45) is 0. The van der Waals surface area contributed by atoms with Crippen LogP contribution in [0.1, 0.15) is 42.5 Å².